The molecule has 2 aliphatic rings. The Labute approximate surface area is 233 Å². The molecular weight excluding hydrogens is 521 g/mol. The summed E-state index contributed by atoms with van der Waals surface area (Å²) in [6, 6.07) is 6.12. The van der Waals surface area contributed by atoms with Crippen molar-refractivity contribution in [3.63, 3.8) is 0 Å². The summed E-state index contributed by atoms with van der Waals surface area (Å²) in [7, 11) is 1.50. The first kappa shape index (κ1) is 29.1. The average molecular weight is 560 g/mol. The fourth-order valence-electron chi connectivity index (χ4n) is 5.67. The Balaban J connectivity index is 1.39. The number of rotatable bonds is 9. The fraction of sp³-hybridized carbons (Fsp3) is 0.571. The summed E-state index contributed by atoms with van der Waals surface area (Å²) in [6.45, 7) is 7.02. The maximum Gasteiger partial charge on any atom is 0.321 e. The van der Waals surface area contributed by atoms with Crippen molar-refractivity contribution in [3.05, 3.63) is 46.2 Å². The number of urea groups is 1. The lowest BCUT2D eigenvalue weighted by molar-refractivity contribution is -0.137. The number of amides is 3. The molecule has 0 spiro atoms. The number of Topliss-reactive ketones (excluding diaryl/α,β-unsaturated/α-hetero) is 1. The van der Waals surface area contributed by atoms with E-state index in [9.17, 15) is 18.8 Å². The molecule has 3 amide bonds. The minimum atomic E-state index is -0.400. The Hall–Kier alpha value is -2.89. The van der Waals surface area contributed by atoms with E-state index < -0.39 is 6.03 Å². The quantitative estimate of drug-likeness (QED) is 0.454. The van der Waals surface area contributed by atoms with Gasteiger partial charge in [-0.1, -0.05) is 23.5 Å². The number of anilines is 1. The Bertz CT molecular complexity index is 1160. The Morgan fingerprint density at radius 3 is 2.62 bits per heavy atom. The molecular formula is C28H38FN5O4S. The third-order valence-corrected chi connectivity index (χ3v) is 8.74. The smallest absolute Gasteiger partial charge is 0.321 e. The van der Waals surface area contributed by atoms with E-state index in [1.54, 1.807) is 11.8 Å². The van der Waals surface area contributed by atoms with Crippen LogP contribution in [0.1, 0.15) is 47.1 Å². The van der Waals surface area contributed by atoms with Crippen LogP contribution in [0.5, 0.6) is 0 Å². The van der Waals surface area contributed by atoms with Gasteiger partial charge in [0, 0.05) is 40.2 Å². The molecule has 0 radical (unpaired) electrons. The third-order valence-electron chi connectivity index (χ3n) is 7.56. The summed E-state index contributed by atoms with van der Waals surface area (Å²) in [5.74, 6) is 0.259. The first-order valence-corrected chi connectivity index (χ1v) is 14.3. The Morgan fingerprint density at radius 1 is 1.15 bits per heavy atom. The number of methoxy groups -OCH3 is 1. The van der Waals surface area contributed by atoms with Crippen molar-refractivity contribution >= 4 is 34.2 Å². The number of likely N-dealkylation sites (tertiary alicyclic amines) is 2. The number of ether oxygens (including phenoxy) is 1. The van der Waals surface area contributed by atoms with Gasteiger partial charge in [0.15, 0.2) is 10.9 Å². The van der Waals surface area contributed by atoms with Gasteiger partial charge in [0.25, 0.3) is 0 Å². The van der Waals surface area contributed by atoms with Crippen LogP contribution in [0.3, 0.4) is 0 Å². The van der Waals surface area contributed by atoms with E-state index in [1.165, 1.54) is 26.2 Å². The normalized spacial score (nSPS) is 21.9. The monoisotopic (exact) mass is 559 g/mol. The van der Waals surface area contributed by atoms with E-state index in [0.29, 0.717) is 34.7 Å². The van der Waals surface area contributed by atoms with Crippen LogP contribution < -0.4 is 10.6 Å². The molecule has 1 unspecified atom stereocenters. The number of aromatic nitrogens is 1. The van der Waals surface area contributed by atoms with Crippen LogP contribution in [-0.2, 0) is 16.0 Å². The minimum Gasteiger partial charge on any atom is -0.375 e. The van der Waals surface area contributed by atoms with Crippen LogP contribution in [0.2, 0.25) is 0 Å². The lowest BCUT2D eigenvalue weighted by Crippen LogP contribution is -2.57. The number of carbonyl (C=O) groups excluding carboxylic acids is 3. The number of aryl methyl sites for hydroxylation is 1. The summed E-state index contributed by atoms with van der Waals surface area (Å²) < 4.78 is 18.4. The van der Waals surface area contributed by atoms with Gasteiger partial charge in [-0.15, -0.1) is 0 Å². The zero-order valence-electron chi connectivity index (χ0n) is 22.9. The molecule has 4 rings (SSSR count). The number of piperidine rings is 2. The van der Waals surface area contributed by atoms with Crippen LogP contribution in [0.15, 0.2) is 24.3 Å². The molecule has 39 heavy (non-hydrogen) atoms. The highest BCUT2D eigenvalue weighted by Gasteiger charge is 2.34. The molecule has 2 fully saturated rings. The van der Waals surface area contributed by atoms with Crippen LogP contribution >= 0.6 is 11.3 Å². The van der Waals surface area contributed by atoms with Gasteiger partial charge in [0.05, 0.1) is 16.6 Å². The average Bonchev–Trinajstić information content (AvgIpc) is 3.26. The van der Waals surface area contributed by atoms with Crippen molar-refractivity contribution in [1.29, 1.82) is 0 Å². The number of thiazole rings is 1. The van der Waals surface area contributed by atoms with Gasteiger partial charge in [0.2, 0.25) is 5.91 Å². The molecule has 212 valence electrons. The van der Waals surface area contributed by atoms with Crippen molar-refractivity contribution in [2.45, 2.75) is 45.6 Å². The predicted octanol–water partition coefficient (Wildman–Crippen LogP) is 3.73. The topological polar surface area (TPSA) is 104 Å². The number of hydrogen-bond donors (Lipinski definition) is 2. The molecule has 0 aliphatic carbocycles. The number of carbonyl (C=O) groups is 3. The number of benzene rings is 1. The summed E-state index contributed by atoms with van der Waals surface area (Å²) in [5, 5.41) is 6.23. The van der Waals surface area contributed by atoms with Crippen LogP contribution in [-0.4, -0.2) is 85.0 Å². The van der Waals surface area contributed by atoms with Gasteiger partial charge in [-0.05, 0) is 68.7 Å². The molecule has 2 N–H and O–H groups in total. The van der Waals surface area contributed by atoms with Crippen molar-refractivity contribution in [3.8, 4) is 0 Å². The highest BCUT2D eigenvalue weighted by molar-refractivity contribution is 7.17. The van der Waals surface area contributed by atoms with E-state index in [-0.39, 0.29) is 36.1 Å². The van der Waals surface area contributed by atoms with Gasteiger partial charge in [-0.2, -0.15) is 0 Å². The first-order valence-electron chi connectivity index (χ1n) is 13.5. The van der Waals surface area contributed by atoms with E-state index in [4.69, 9.17) is 4.74 Å². The summed E-state index contributed by atoms with van der Waals surface area (Å²) in [5.41, 5.74) is 1.74. The van der Waals surface area contributed by atoms with Gasteiger partial charge in [-0.25, -0.2) is 14.2 Å². The van der Waals surface area contributed by atoms with Gasteiger partial charge >= 0.3 is 6.03 Å². The van der Waals surface area contributed by atoms with E-state index in [2.05, 4.69) is 20.5 Å². The number of nitrogens with one attached hydrogen (secondary N) is 2. The Morgan fingerprint density at radius 2 is 1.92 bits per heavy atom. The first-order chi connectivity index (χ1) is 18.7. The maximum absolute atomic E-state index is 13.3. The summed E-state index contributed by atoms with van der Waals surface area (Å²) >= 11 is 1.16. The van der Waals surface area contributed by atoms with E-state index >= 15 is 0 Å². The van der Waals surface area contributed by atoms with Gasteiger partial charge in [0.1, 0.15) is 12.4 Å². The SMILES string of the molecule is COCC(=O)N1CC[C@@H](CN2CCCC(Cc3ccc(F)cc3)C2)[C@@H](NC(=O)Nc2nc(C)c(C(C)=O)s2)C1. The van der Waals surface area contributed by atoms with Crippen molar-refractivity contribution in [2.24, 2.45) is 11.8 Å². The van der Waals surface area contributed by atoms with Crippen molar-refractivity contribution in [2.75, 3.05) is 51.8 Å². The molecule has 3 heterocycles. The zero-order chi connectivity index (χ0) is 27.9. The second-order valence-corrected chi connectivity index (χ2v) is 11.6. The second kappa shape index (κ2) is 13.5. The zero-order valence-corrected chi connectivity index (χ0v) is 23.7. The summed E-state index contributed by atoms with van der Waals surface area (Å²) in [4.78, 5) is 46.4. The standard InChI is InChI=1S/C28H38FN5O4S/c1-18-26(19(2)35)39-28(30-18)32-27(37)31-24-16-34(25(36)17-38-3)12-10-22(24)15-33-11-4-5-21(14-33)13-20-6-8-23(29)9-7-20/h6-9,21-22,24H,4-5,10-17H2,1-3H3,(H2,30,31,32,37)/t21?,22-,24-/m0/s1. The number of nitrogens with zero attached hydrogens (tertiary/aromatic N) is 3. The molecule has 3 atom stereocenters. The highest BCUT2D eigenvalue weighted by atomic mass is 32.1. The third kappa shape index (κ3) is 8.06. The lowest BCUT2D eigenvalue weighted by atomic mass is 9.87. The van der Waals surface area contributed by atoms with E-state index in [1.807, 2.05) is 12.1 Å². The van der Waals surface area contributed by atoms with Crippen molar-refractivity contribution in [1.82, 2.24) is 20.1 Å². The van der Waals surface area contributed by atoms with Gasteiger partial charge in [-0.3, -0.25) is 14.9 Å². The molecule has 1 aromatic carbocycles. The van der Waals surface area contributed by atoms with Crippen molar-refractivity contribution < 1.29 is 23.5 Å². The van der Waals surface area contributed by atoms with Crippen LogP contribution in [0, 0.1) is 24.6 Å². The molecule has 0 saturated carbocycles. The maximum atomic E-state index is 13.3. The molecule has 0 bridgehead atoms. The number of halogens is 1. The number of hydrogen-bond acceptors (Lipinski definition) is 7. The Kier molecular flexibility index (Phi) is 10.0. The molecule has 2 aliphatic heterocycles. The molecule has 11 heteroatoms. The molecule has 9 nitrogen and oxygen atoms in total. The second-order valence-electron chi connectivity index (χ2n) is 10.6. The van der Waals surface area contributed by atoms with E-state index in [0.717, 1.165) is 62.2 Å². The fourth-order valence-corrected chi connectivity index (χ4v) is 6.53. The number of ketones is 1. The molecule has 1 aromatic heterocycles. The molecule has 2 aromatic rings. The largest absolute Gasteiger partial charge is 0.375 e. The van der Waals surface area contributed by atoms with Crippen LogP contribution in [0.4, 0.5) is 14.3 Å². The predicted molar refractivity (Wildman–Crippen MR) is 149 cm³/mol. The highest BCUT2D eigenvalue weighted by Crippen LogP contribution is 2.26. The summed E-state index contributed by atoms with van der Waals surface area (Å²) in [6.07, 6.45) is 3.92. The molecule has 2 saturated heterocycles. The van der Waals surface area contributed by atoms with Gasteiger partial charge < -0.3 is 19.9 Å². The minimum absolute atomic E-state index is 0.00693. The van der Waals surface area contributed by atoms with Crippen LogP contribution in [0.25, 0.3) is 0 Å². The lowest BCUT2D eigenvalue weighted by Gasteiger charge is -2.42.